The van der Waals surface area contributed by atoms with Crippen molar-refractivity contribution in [2.24, 2.45) is 0 Å². The summed E-state index contributed by atoms with van der Waals surface area (Å²) in [4.78, 5) is 16.6. The fraction of sp³-hybridized carbons (Fsp3) is 0.100. The molecule has 1 aliphatic carbocycles. The van der Waals surface area contributed by atoms with Gasteiger partial charge in [0.15, 0.2) is 5.78 Å². The second-order valence-corrected chi connectivity index (χ2v) is 5.86. The van der Waals surface area contributed by atoms with Crippen LogP contribution in [0.1, 0.15) is 27.9 Å². The Balaban J connectivity index is 1.62. The van der Waals surface area contributed by atoms with Crippen LogP contribution in [0.3, 0.4) is 0 Å². The minimum absolute atomic E-state index is 0.00469. The molecule has 1 heterocycles. The van der Waals surface area contributed by atoms with E-state index in [1.807, 2.05) is 41.1 Å². The zero-order valence-electron chi connectivity index (χ0n) is 12.9. The lowest BCUT2D eigenvalue weighted by Crippen LogP contribution is -2.14. The highest BCUT2D eigenvalue weighted by atomic mass is 19.1. The van der Waals surface area contributed by atoms with Gasteiger partial charge in [-0.25, -0.2) is 9.37 Å². The number of nitrogens with zero attached hydrogens (tertiary/aromatic N) is 2. The Hall–Kier alpha value is -3.01. The summed E-state index contributed by atoms with van der Waals surface area (Å²) in [7, 11) is 0. The van der Waals surface area contributed by atoms with Gasteiger partial charge in [-0.2, -0.15) is 0 Å². The minimum Gasteiger partial charge on any atom is -0.306 e. The van der Waals surface area contributed by atoms with Gasteiger partial charge in [0.25, 0.3) is 0 Å². The Morgan fingerprint density at radius 1 is 1.08 bits per heavy atom. The average Bonchev–Trinajstić information content (AvgIpc) is 3.12. The van der Waals surface area contributed by atoms with E-state index < -0.39 is 0 Å². The summed E-state index contributed by atoms with van der Waals surface area (Å²) in [5, 5.41) is 0. The van der Waals surface area contributed by atoms with Crippen LogP contribution in [0, 0.1) is 5.82 Å². The second kappa shape index (κ2) is 5.89. The molecule has 0 aliphatic heterocycles. The number of hydrogen-bond acceptors (Lipinski definition) is 2. The van der Waals surface area contributed by atoms with E-state index >= 15 is 0 Å². The first-order valence-electron chi connectivity index (χ1n) is 7.83. The molecule has 24 heavy (non-hydrogen) atoms. The summed E-state index contributed by atoms with van der Waals surface area (Å²) in [6.07, 6.45) is 8.61. The Kier molecular flexibility index (Phi) is 3.58. The highest BCUT2D eigenvalue weighted by molar-refractivity contribution is 6.13. The molecular weight excluding hydrogens is 303 g/mol. The summed E-state index contributed by atoms with van der Waals surface area (Å²) in [6.45, 7) is 0. The van der Waals surface area contributed by atoms with Crippen molar-refractivity contribution in [1.29, 1.82) is 0 Å². The quantitative estimate of drug-likeness (QED) is 0.663. The van der Waals surface area contributed by atoms with E-state index in [-0.39, 0.29) is 11.6 Å². The first-order chi connectivity index (χ1) is 11.7. The fourth-order valence-electron chi connectivity index (χ4n) is 3.04. The molecule has 0 atom stereocenters. The molecule has 4 heteroatoms. The summed E-state index contributed by atoms with van der Waals surface area (Å²) >= 11 is 0. The third-order valence-corrected chi connectivity index (χ3v) is 4.30. The van der Waals surface area contributed by atoms with Crippen molar-refractivity contribution in [3.63, 3.8) is 0 Å². The molecule has 2 aromatic carbocycles. The van der Waals surface area contributed by atoms with E-state index in [9.17, 15) is 9.18 Å². The van der Waals surface area contributed by atoms with E-state index in [0.29, 0.717) is 18.4 Å². The first-order valence-corrected chi connectivity index (χ1v) is 7.83. The molecule has 0 saturated heterocycles. The number of allylic oxidation sites excluding steroid dienone is 1. The van der Waals surface area contributed by atoms with Crippen molar-refractivity contribution in [3.8, 4) is 5.69 Å². The van der Waals surface area contributed by atoms with Crippen LogP contribution in [-0.4, -0.2) is 15.3 Å². The Morgan fingerprint density at radius 3 is 2.67 bits per heavy atom. The molecule has 0 spiro atoms. The van der Waals surface area contributed by atoms with Gasteiger partial charge in [-0.3, -0.25) is 4.79 Å². The van der Waals surface area contributed by atoms with E-state index in [0.717, 1.165) is 22.4 Å². The predicted molar refractivity (Wildman–Crippen MR) is 90.6 cm³/mol. The SMILES string of the molecule is O=C1/C(=C/c2ccc(-n3ccnc3)cc2)CCc2cc(F)ccc21. The molecule has 1 aromatic heterocycles. The van der Waals surface area contributed by atoms with Gasteiger partial charge in [0.2, 0.25) is 0 Å². The van der Waals surface area contributed by atoms with Gasteiger partial charge in [-0.05, 0) is 60.4 Å². The van der Waals surface area contributed by atoms with Crippen molar-refractivity contribution in [2.45, 2.75) is 12.8 Å². The molecule has 118 valence electrons. The van der Waals surface area contributed by atoms with E-state index in [1.54, 1.807) is 18.6 Å². The Bertz CT molecular complexity index is 925. The molecule has 0 fully saturated rings. The molecule has 0 saturated carbocycles. The number of aryl methyl sites for hydroxylation is 1. The molecule has 0 bridgehead atoms. The molecule has 0 amide bonds. The number of fused-ring (bicyclic) bond motifs is 1. The maximum atomic E-state index is 13.3. The topological polar surface area (TPSA) is 34.9 Å². The van der Waals surface area contributed by atoms with Crippen molar-refractivity contribution in [2.75, 3.05) is 0 Å². The number of carbonyl (C=O) groups excluding carboxylic acids is 1. The van der Waals surface area contributed by atoms with Crippen LogP contribution in [0.5, 0.6) is 0 Å². The number of carbonyl (C=O) groups is 1. The summed E-state index contributed by atoms with van der Waals surface area (Å²) in [5.41, 5.74) is 4.18. The molecule has 4 rings (SSSR count). The Morgan fingerprint density at radius 2 is 1.92 bits per heavy atom. The predicted octanol–water partition coefficient (Wildman–Crippen LogP) is 4.22. The van der Waals surface area contributed by atoms with Crippen molar-refractivity contribution in [1.82, 2.24) is 9.55 Å². The van der Waals surface area contributed by atoms with Crippen LogP contribution in [0.25, 0.3) is 11.8 Å². The first kappa shape index (κ1) is 14.6. The van der Waals surface area contributed by atoms with E-state index in [4.69, 9.17) is 0 Å². The van der Waals surface area contributed by atoms with Crippen molar-refractivity contribution < 1.29 is 9.18 Å². The van der Waals surface area contributed by atoms with Crippen LogP contribution in [0.2, 0.25) is 0 Å². The van der Waals surface area contributed by atoms with Gasteiger partial charge in [0.05, 0.1) is 6.33 Å². The molecule has 1 aliphatic rings. The summed E-state index contributed by atoms with van der Waals surface area (Å²) in [5.74, 6) is -0.293. The largest absolute Gasteiger partial charge is 0.306 e. The third kappa shape index (κ3) is 2.67. The lowest BCUT2D eigenvalue weighted by molar-refractivity contribution is 0.102. The minimum atomic E-state index is -0.288. The van der Waals surface area contributed by atoms with Crippen molar-refractivity contribution >= 4 is 11.9 Å². The molecule has 0 radical (unpaired) electrons. The highest BCUT2D eigenvalue weighted by Crippen LogP contribution is 2.27. The lowest BCUT2D eigenvalue weighted by Gasteiger charge is -2.17. The zero-order chi connectivity index (χ0) is 16.5. The number of halogens is 1. The van der Waals surface area contributed by atoms with Crippen LogP contribution >= 0.6 is 0 Å². The average molecular weight is 318 g/mol. The zero-order valence-corrected chi connectivity index (χ0v) is 12.9. The molecule has 0 unspecified atom stereocenters. The van der Waals surface area contributed by atoms with Gasteiger partial charge in [0, 0.05) is 29.2 Å². The van der Waals surface area contributed by atoms with Crippen LogP contribution in [0.4, 0.5) is 4.39 Å². The number of aromatic nitrogens is 2. The Labute approximate surface area is 139 Å². The molecule has 0 N–H and O–H groups in total. The van der Waals surface area contributed by atoms with Gasteiger partial charge in [-0.15, -0.1) is 0 Å². The van der Waals surface area contributed by atoms with Crippen LogP contribution in [0.15, 0.2) is 66.8 Å². The summed E-state index contributed by atoms with van der Waals surface area (Å²) < 4.78 is 15.2. The number of imidazole rings is 1. The van der Waals surface area contributed by atoms with E-state index in [1.165, 1.54) is 12.1 Å². The number of benzene rings is 2. The van der Waals surface area contributed by atoms with Crippen LogP contribution in [-0.2, 0) is 6.42 Å². The second-order valence-electron chi connectivity index (χ2n) is 5.86. The number of rotatable bonds is 2. The summed E-state index contributed by atoms with van der Waals surface area (Å²) in [6, 6.07) is 12.3. The van der Waals surface area contributed by atoms with Gasteiger partial charge >= 0.3 is 0 Å². The third-order valence-electron chi connectivity index (χ3n) is 4.30. The number of ketones is 1. The maximum absolute atomic E-state index is 13.3. The smallest absolute Gasteiger partial charge is 0.189 e. The normalized spacial score (nSPS) is 15.5. The van der Waals surface area contributed by atoms with Gasteiger partial charge < -0.3 is 4.57 Å². The standard InChI is InChI=1S/C20H15FN2O/c21-17-5-8-19-15(12-17)3-4-16(20(19)24)11-14-1-6-18(7-2-14)23-10-9-22-13-23/h1-2,5-13H,3-4H2/b16-11+. The van der Waals surface area contributed by atoms with E-state index in [2.05, 4.69) is 4.98 Å². The number of Topliss-reactive ketones (excluding diaryl/α,β-unsaturated/α-hetero) is 1. The lowest BCUT2D eigenvalue weighted by atomic mass is 9.86. The molecule has 3 aromatic rings. The molecular formula is C20H15FN2O. The number of hydrogen-bond donors (Lipinski definition) is 0. The van der Waals surface area contributed by atoms with Crippen LogP contribution < -0.4 is 0 Å². The van der Waals surface area contributed by atoms with Crippen molar-refractivity contribution in [3.05, 3.63) is 89.3 Å². The van der Waals surface area contributed by atoms with Gasteiger partial charge in [-0.1, -0.05) is 12.1 Å². The maximum Gasteiger partial charge on any atom is 0.189 e. The monoisotopic (exact) mass is 318 g/mol. The highest BCUT2D eigenvalue weighted by Gasteiger charge is 2.22. The van der Waals surface area contributed by atoms with Gasteiger partial charge in [0.1, 0.15) is 5.82 Å². The molecule has 3 nitrogen and oxygen atoms in total. The fourth-order valence-corrected chi connectivity index (χ4v) is 3.04.